The molecule has 0 aliphatic rings. The Kier molecular flexibility index (Phi) is 10.7. The van der Waals surface area contributed by atoms with E-state index < -0.39 is 92.1 Å². The maximum Gasteiger partial charge on any atom is 0.429 e. The first-order valence-electron chi connectivity index (χ1n) is 13.9. The average Bonchev–Trinajstić information content (AvgIpc) is 2.95. The molecule has 0 saturated carbocycles. The van der Waals surface area contributed by atoms with Gasteiger partial charge in [0, 0.05) is 23.3 Å². The molecule has 0 aliphatic heterocycles. The molecule has 0 atom stereocenters. The largest absolute Gasteiger partial charge is 0.429 e. The van der Waals surface area contributed by atoms with Gasteiger partial charge < -0.3 is 4.74 Å². The lowest BCUT2D eigenvalue weighted by Crippen LogP contribution is -2.23. The summed E-state index contributed by atoms with van der Waals surface area (Å²) >= 11 is 0. The van der Waals surface area contributed by atoms with Crippen LogP contribution >= 0.6 is 0 Å². The fraction of sp³-hybridized carbons (Fsp3) is 0.200. The van der Waals surface area contributed by atoms with Crippen molar-refractivity contribution in [2.75, 3.05) is 0 Å². The molecule has 0 radical (unpaired) electrons. The van der Waals surface area contributed by atoms with Crippen molar-refractivity contribution in [2.45, 2.75) is 44.9 Å². The van der Waals surface area contributed by atoms with Gasteiger partial charge in [0.2, 0.25) is 0 Å². The Morgan fingerprint density at radius 1 is 0.562 bits per heavy atom. The molecule has 0 unspecified atom stereocenters. The minimum atomic E-state index is -5.34. The third-order valence-electron chi connectivity index (χ3n) is 6.71. The molecule has 4 aromatic rings. The topological polar surface area (TPSA) is 9.23 Å². The number of hydrogen-bond donors (Lipinski definition) is 0. The zero-order chi connectivity index (χ0) is 35.4. The molecule has 250 valence electrons. The molecular formula is C35H20F12O. The number of unbranched alkanes of at least 4 members (excludes halogenated alkanes) is 2. The molecular weight excluding hydrogens is 664 g/mol. The van der Waals surface area contributed by atoms with Crippen molar-refractivity contribution in [3.63, 3.8) is 0 Å². The van der Waals surface area contributed by atoms with Crippen LogP contribution in [0.4, 0.5) is 52.7 Å². The second kappa shape index (κ2) is 14.4. The highest BCUT2D eigenvalue weighted by atomic mass is 19.4. The Bertz CT molecular complexity index is 1900. The highest BCUT2D eigenvalue weighted by molar-refractivity contribution is 5.51. The van der Waals surface area contributed by atoms with E-state index in [2.05, 4.69) is 10.7 Å². The van der Waals surface area contributed by atoms with Gasteiger partial charge in [-0.3, -0.25) is 0 Å². The first-order chi connectivity index (χ1) is 22.5. The van der Waals surface area contributed by atoms with Crippen molar-refractivity contribution in [1.29, 1.82) is 0 Å². The molecule has 13 heteroatoms. The molecule has 4 rings (SSSR count). The van der Waals surface area contributed by atoms with Crippen molar-refractivity contribution in [3.8, 4) is 29.4 Å². The van der Waals surface area contributed by atoms with Crippen LogP contribution in [-0.4, -0.2) is 0 Å². The van der Waals surface area contributed by atoms with E-state index in [9.17, 15) is 52.7 Å². The molecule has 4 aromatic carbocycles. The third kappa shape index (κ3) is 8.45. The van der Waals surface area contributed by atoms with Gasteiger partial charge >= 0.3 is 12.3 Å². The number of aryl methyl sites for hydroxylation is 1. The lowest BCUT2D eigenvalue weighted by molar-refractivity contribution is -0.187. The fourth-order valence-corrected chi connectivity index (χ4v) is 4.41. The third-order valence-corrected chi connectivity index (χ3v) is 6.71. The first-order valence-corrected chi connectivity index (χ1v) is 13.9. The quantitative estimate of drug-likeness (QED) is 0.107. The zero-order valence-corrected chi connectivity index (χ0v) is 24.5. The number of hydrogen-bond acceptors (Lipinski definition) is 1. The monoisotopic (exact) mass is 684 g/mol. The normalized spacial score (nSPS) is 11.4. The molecule has 0 heterocycles. The average molecular weight is 685 g/mol. The van der Waals surface area contributed by atoms with Crippen molar-refractivity contribution in [2.24, 2.45) is 0 Å². The Hall–Kier alpha value is -5.04. The van der Waals surface area contributed by atoms with Gasteiger partial charge in [-0.25, -0.2) is 30.7 Å². The number of alkyl halides is 5. The van der Waals surface area contributed by atoms with Crippen molar-refractivity contribution < 1.29 is 57.4 Å². The molecule has 0 bridgehead atoms. The van der Waals surface area contributed by atoms with E-state index in [1.807, 2.05) is 24.7 Å². The van der Waals surface area contributed by atoms with E-state index in [-0.39, 0.29) is 12.1 Å². The summed E-state index contributed by atoms with van der Waals surface area (Å²) in [6.07, 6.45) is -6.72. The van der Waals surface area contributed by atoms with Gasteiger partial charge in [0.15, 0.2) is 0 Å². The van der Waals surface area contributed by atoms with Crippen LogP contribution in [0, 0.1) is 64.4 Å². The van der Waals surface area contributed by atoms with Crippen LogP contribution in [0.2, 0.25) is 0 Å². The predicted octanol–water partition coefficient (Wildman–Crippen LogP) is 10.3. The molecule has 0 amide bonds. The maximum absolute atomic E-state index is 14.7. The SMILES string of the molecule is CCCCCc1ccc(C(F)(F)Oc2cc(F)c(C#Cc3cc(F)c(C#Cc4cc(F)c(C(F)(F)F)c(F)c4)c(F)c3)c(F)c2)c(F)c1. The minimum absolute atomic E-state index is 0.222. The van der Waals surface area contributed by atoms with Crippen molar-refractivity contribution in [1.82, 2.24) is 0 Å². The van der Waals surface area contributed by atoms with Crippen LogP contribution in [0.3, 0.4) is 0 Å². The molecule has 0 spiro atoms. The number of ether oxygens (including phenoxy) is 1. The fourth-order valence-electron chi connectivity index (χ4n) is 4.41. The summed E-state index contributed by atoms with van der Waals surface area (Å²) in [5.41, 5.74) is -5.97. The zero-order valence-electron chi connectivity index (χ0n) is 24.5. The van der Waals surface area contributed by atoms with Crippen LogP contribution in [0.5, 0.6) is 5.75 Å². The molecule has 0 aliphatic carbocycles. The van der Waals surface area contributed by atoms with Gasteiger partial charge in [0.25, 0.3) is 0 Å². The van der Waals surface area contributed by atoms with E-state index in [4.69, 9.17) is 0 Å². The van der Waals surface area contributed by atoms with Gasteiger partial charge in [-0.2, -0.15) is 22.0 Å². The van der Waals surface area contributed by atoms with Crippen LogP contribution in [-0.2, 0) is 18.7 Å². The second-order valence-electron chi connectivity index (χ2n) is 10.3. The van der Waals surface area contributed by atoms with E-state index >= 15 is 0 Å². The second-order valence-corrected chi connectivity index (χ2v) is 10.3. The van der Waals surface area contributed by atoms with Gasteiger partial charge in [-0.05, 0) is 54.8 Å². The summed E-state index contributed by atoms with van der Waals surface area (Å²) in [5.74, 6) is -4.19. The van der Waals surface area contributed by atoms with E-state index in [1.165, 1.54) is 6.07 Å². The van der Waals surface area contributed by atoms with Crippen LogP contribution in [0.15, 0.2) is 54.6 Å². The van der Waals surface area contributed by atoms with E-state index in [1.54, 1.807) is 0 Å². The van der Waals surface area contributed by atoms with E-state index in [0.717, 1.165) is 31.4 Å². The molecule has 0 aromatic heterocycles. The minimum Gasteiger partial charge on any atom is -0.429 e. The predicted molar refractivity (Wildman–Crippen MR) is 150 cm³/mol. The van der Waals surface area contributed by atoms with Crippen molar-refractivity contribution >= 4 is 0 Å². The lowest BCUT2D eigenvalue weighted by atomic mass is 10.0. The van der Waals surface area contributed by atoms with Crippen LogP contribution in [0.25, 0.3) is 0 Å². The molecule has 0 N–H and O–H groups in total. The standard InChI is InChI=1S/C35H20F12O/c1-2-3-4-5-19-8-11-25(30(40)12-19)35(46,47)48-22-17-28(38)24(29(39)18-22)10-6-20-13-26(36)23(27(37)14-20)9-7-21-15-31(41)33(32(42)16-21)34(43,44)45/h8,11-18H,2-5H2,1H3. The Morgan fingerprint density at radius 2 is 1.04 bits per heavy atom. The Morgan fingerprint density at radius 3 is 1.50 bits per heavy atom. The molecule has 0 saturated heterocycles. The summed E-state index contributed by atoms with van der Waals surface area (Å²) in [4.78, 5) is 0. The number of rotatable bonds is 7. The highest BCUT2D eigenvalue weighted by Crippen LogP contribution is 2.36. The summed E-state index contributed by atoms with van der Waals surface area (Å²) in [6, 6.07) is 5.32. The Labute approximate surface area is 266 Å². The van der Waals surface area contributed by atoms with Gasteiger partial charge in [0.05, 0.1) is 16.7 Å². The number of halogens is 12. The highest BCUT2D eigenvalue weighted by Gasteiger charge is 2.39. The van der Waals surface area contributed by atoms with Gasteiger partial charge in [-0.1, -0.05) is 49.5 Å². The molecule has 48 heavy (non-hydrogen) atoms. The first kappa shape index (κ1) is 35.8. The maximum atomic E-state index is 14.7. The van der Waals surface area contributed by atoms with Crippen LogP contribution < -0.4 is 4.74 Å². The van der Waals surface area contributed by atoms with E-state index in [0.29, 0.717) is 36.2 Å². The van der Waals surface area contributed by atoms with Crippen LogP contribution in [0.1, 0.15) is 65.1 Å². The molecule has 0 fully saturated rings. The van der Waals surface area contributed by atoms with Gasteiger partial charge in [0.1, 0.15) is 52.0 Å². The summed E-state index contributed by atoms with van der Waals surface area (Å²) < 4.78 is 173. The summed E-state index contributed by atoms with van der Waals surface area (Å²) in [6.45, 7) is 1.96. The summed E-state index contributed by atoms with van der Waals surface area (Å²) in [5, 5.41) is 0. The summed E-state index contributed by atoms with van der Waals surface area (Å²) in [7, 11) is 0. The Balaban J connectivity index is 1.54. The smallest absolute Gasteiger partial charge is 0.429 e. The van der Waals surface area contributed by atoms with Gasteiger partial charge in [-0.15, -0.1) is 0 Å². The molecule has 1 nitrogen and oxygen atoms in total. The lowest BCUT2D eigenvalue weighted by Gasteiger charge is -2.19. The van der Waals surface area contributed by atoms with Crippen molar-refractivity contribution in [3.05, 3.63) is 134 Å². The number of benzene rings is 4.